The number of aromatic nitrogens is 1. The van der Waals surface area contributed by atoms with Crippen molar-refractivity contribution in [3.8, 4) is 11.5 Å². The molecular weight excluding hydrogens is 237 g/mol. The maximum Gasteiger partial charge on any atom is 0.149 e. The number of nitrogens with zero attached hydrogens (tertiary/aromatic N) is 1. The average molecular weight is 249 g/mol. The van der Waals surface area contributed by atoms with Gasteiger partial charge in [-0.15, -0.1) is 0 Å². The van der Waals surface area contributed by atoms with E-state index in [1.165, 1.54) is 30.5 Å². The summed E-state index contributed by atoms with van der Waals surface area (Å²) in [6.45, 7) is 0. The van der Waals surface area contributed by atoms with E-state index in [2.05, 4.69) is 4.98 Å². The minimum atomic E-state index is -1.18. The molecule has 1 aromatic carbocycles. The second kappa shape index (κ2) is 4.99. The van der Waals surface area contributed by atoms with Gasteiger partial charge in [0.05, 0.1) is 11.4 Å². The van der Waals surface area contributed by atoms with Crippen LogP contribution in [0, 0.1) is 5.82 Å². The van der Waals surface area contributed by atoms with Crippen molar-refractivity contribution >= 4 is 5.69 Å². The Balaban J connectivity index is 2.23. The molecule has 1 heterocycles. The van der Waals surface area contributed by atoms with Crippen molar-refractivity contribution in [2.75, 3.05) is 5.73 Å². The number of halogens is 1. The summed E-state index contributed by atoms with van der Waals surface area (Å²) in [4.78, 5) is 3.86. The number of hydrogen-bond donors (Lipinski definition) is 3. The van der Waals surface area contributed by atoms with Crippen molar-refractivity contribution in [2.24, 2.45) is 5.73 Å². The van der Waals surface area contributed by atoms with Gasteiger partial charge in [-0.25, -0.2) is 4.39 Å². The Morgan fingerprint density at radius 1 is 1.22 bits per heavy atom. The summed E-state index contributed by atoms with van der Waals surface area (Å²) >= 11 is 0. The van der Waals surface area contributed by atoms with Crippen molar-refractivity contribution in [1.29, 1.82) is 0 Å². The summed E-state index contributed by atoms with van der Waals surface area (Å²) in [5.74, 6) is 0.139. The highest BCUT2D eigenvalue weighted by molar-refractivity contribution is 5.44. The molecule has 0 amide bonds. The number of nitrogens with two attached hydrogens (primary N) is 2. The largest absolute Gasteiger partial charge is 0.457 e. The summed E-state index contributed by atoms with van der Waals surface area (Å²) in [5, 5.41) is 9.18. The Labute approximate surface area is 103 Å². The van der Waals surface area contributed by atoms with Gasteiger partial charge in [-0.1, -0.05) is 0 Å². The van der Waals surface area contributed by atoms with Crippen molar-refractivity contribution in [1.82, 2.24) is 4.98 Å². The van der Waals surface area contributed by atoms with Crippen LogP contribution in [-0.2, 0) is 0 Å². The molecule has 0 spiro atoms. The van der Waals surface area contributed by atoms with Gasteiger partial charge in [0, 0.05) is 18.3 Å². The van der Waals surface area contributed by atoms with Crippen molar-refractivity contribution in [2.45, 2.75) is 6.23 Å². The van der Waals surface area contributed by atoms with Crippen LogP contribution < -0.4 is 16.2 Å². The average Bonchev–Trinajstić information content (AvgIpc) is 2.34. The van der Waals surface area contributed by atoms with Crippen LogP contribution in [0.3, 0.4) is 0 Å². The molecule has 0 aliphatic heterocycles. The van der Waals surface area contributed by atoms with Crippen LogP contribution in [0.1, 0.15) is 11.9 Å². The monoisotopic (exact) mass is 249 g/mol. The van der Waals surface area contributed by atoms with Gasteiger partial charge in [-0.05, 0) is 18.2 Å². The van der Waals surface area contributed by atoms with E-state index in [1.54, 1.807) is 6.07 Å². The fourth-order valence-electron chi connectivity index (χ4n) is 1.36. The van der Waals surface area contributed by atoms with Crippen molar-refractivity contribution in [3.63, 3.8) is 0 Å². The van der Waals surface area contributed by atoms with Gasteiger partial charge in [-0.2, -0.15) is 0 Å². The molecule has 5 nitrogen and oxygen atoms in total. The fraction of sp³-hybridized carbons (Fsp3) is 0.0833. The first-order chi connectivity index (χ1) is 8.56. The molecule has 6 heteroatoms. The molecule has 0 aliphatic rings. The summed E-state index contributed by atoms with van der Waals surface area (Å²) in [7, 11) is 0. The van der Waals surface area contributed by atoms with E-state index in [0.717, 1.165) is 0 Å². The van der Waals surface area contributed by atoms with Crippen LogP contribution in [-0.4, -0.2) is 10.1 Å². The van der Waals surface area contributed by atoms with E-state index in [-0.39, 0.29) is 11.4 Å². The summed E-state index contributed by atoms with van der Waals surface area (Å²) in [6, 6.07) is 7.16. The number of ether oxygens (including phenoxy) is 1. The number of nitrogen functional groups attached to an aromatic ring is 1. The molecule has 2 rings (SSSR count). The lowest BCUT2D eigenvalue weighted by atomic mass is 10.3. The number of benzene rings is 1. The first-order valence-electron chi connectivity index (χ1n) is 5.19. The van der Waals surface area contributed by atoms with Crippen LogP contribution in [0.15, 0.2) is 36.5 Å². The maximum absolute atomic E-state index is 13.2. The molecule has 5 N–H and O–H groups in total. The molecule has 0 radical (unpaired) electrons. The molecule has 1 unspecified atom stereocenters. The lowest BCUT2D eigenvalue weighted by Gasteiger charge is -2.09. The minimum absolute atomic E-state index is 0.0511. The van der Waals surface area contributed by atoms with Gasteiger partial charge in [-0.3, -0.25) is 4.98 Å². The molecule has 0 saturated heterocycles. The molecule has 2 aromatic rings. The van der Waals surface area contributed by atoms with Crippen molar-refractivity contribution in [3.05, 3.63) is 48.0 Å². The Morgan fingerprint density at radius 2 is 1.94 bits per heavy atom. The highest BCUT2D eigenvalue weighted by Gasteiger charge is 2.06. The predicted molar refractivity (Wildman–Crippen MR) is 64.3 cm³/mol. The van der Waals surface area contributed by atoms with Crippen LogP contribution >= 0.6 is 0 Å². The molecular formula is C12H12FN3O2. The van der Waals surface area contributed by atoms with Crippen LogP contribution in [0.25, 0.3) is 0 Å². The molecule has 1 aromatic heterocycles. The molecule has 0 fully saturated rings. The molecule has 0 bridgehead atoms. The van der Waals surface area contributed by atoms with E-state index < -0.39 is 12.0 Å². The first-order valence-corrected chi connectivity index (χ1v) is 5.19. The summed E-state index contributed by atoms with van der Waals surface area (Å²) in [5.41, 5.74) is 11.0. The second-order valence-corrected chi connectivity index (χ2v) is 3.65. The first kappa shape index (κ1) is 12.3. The minimum Gasteiger partial charge on any atom is -0.457 e. The van der Waals surface area contributed by atoms with E-state index in [1.807, 2.05) is 0 Å². The third-order valence-electron chi connectivity index (χ3n) is 2.26. The normalized spacial score (nSPS) is 12.2. The molecule has 18 heavy (non-hydrogen) atoms. The highest BCUT2D eigenvalue weighted by Crippen LogP contribution is 2.25. The SMILES string of the molecule is Nc1ccc(Oc2ccnc(C(N)O)c2)cc1F. The zero-order valence-corrected chi connectivity index (χ0v) is 9.38. The third-order valence-corrected chi connectivity index (χ3v) is 2.26. The standard InChI is InChI=1S/C12H12FN3O2/c13-9-5-7(1-2-10(9)14)18-8-3-4-16-11(6-8)12(15)17/h1-6,12,17H,14-15H2. The third kappa shape index (κ3) is 2.73. The van der Waals surface area contributed by atoms with E-state index in [0.29, 0.717) is 11.5 Å². The fourth-order valence-corrected chi connectivity index (χ4v) is 1.36. The van der Waals surface area contributed by atoms with E-state index >= 15 is 0 Å². The van der Waals surface area contributed by atoms with Gasteiger partial charge in [0.15, 0.2) is 0 Å². The number of rotatable bonds is 3. The lowest BCUT2D eigenvalue weighted by Crippen LogP contribution is -2.10. The van der Waals surface area contributed by atoms with Gasteiger partial charge in [0.2, 0.25) is 0 Å². The Morgan fingerprint density at radius 3 is 2.61 bits per heavy atom. The smallest absolute Gasteiger partial charge is 0.149 e. The maximum atomic E-state index is 13.2. The lowest BCUT2D eigenvalue weighted by molar-refractivity contribution is 0.181. The topological polar surface area (TPSA) is 94.4 Å². The Kier molecular flexibility index (Phi) is 3.40. The molecule has 0 saturated carbocycles. The number of anilines is 1. The van der Waals surface area contributed by atoms with Crippen molar-refractivity contribution < 1.29 is 14.2 Å². The number of hydrogen-bond acceptors (Lipinski definition) is 5. The Bertz CT molecular complexity index is 561. The van der Waals surface area contributed by atoms with E-state index in [9.17, 15) is 9.50 Å². The van der Waals surface area contributed by atoms with Gasteiger partial charge >= 0.3 is 0 Å². The Hall–Kier alpha value is -2.18. The van der Waals surface area contributed by atoms with E-state index in [4.69, 9.17) is 16.2 Å². The second-order valence-electron chi connectivity index (χ2n) is 3.65. The van der Waals surface area contributed by atoms with Gasteiger partial charge in [0.25, 0.3) is 0 Å². The predicted octanol–water partition coefficient (Wildman–Crippen LogP) is 1.54. The zero-order valence-electron chi connectivity index (χ0n) is 9.38. The summed E-state index contributed by atoms with van der Waals surface area (Å²) < 4.78 is 18.6. The van der Waals surface area contributed by atoms with Gasteiger partial charge < -0.3 is 21.3 Å². The highest BCUT2D eigenvalue weighted by atomic mass is 19.1. The molecule has 94 valence electrons. The molecule has 0 aliphatic carbocycles. The number of pyridine rings is 1. The van der Waals surface area contributed by atoms with Gasteiger partial charge in [0.1, 0.15) is 23.5 Å². The van der Waals surface area contributed by atoms with Crippen LogP contribution in [0.4, 0.5) is 10.1 Å². The quantitative estimate of drug-likeness (QED) is 0.566. The summed E-state index contributed by atoms with van der Waals surface area (Å²) in [6.07, 6.45) is 0.255. The zero-order chi connectivity index (χ0) is 13.1. The molecule has 1 atom stereocenters. The van der Waals surface area contributed by atoms with Crippen LogP contribution in [0.2, 0.25) is 0 Å². The van der Waals surface area contributed by atoms with Crippen LogP contribution in [0.5, 0.6) is 11.5 Å². The number of aliphatic hydroxyl groups is 1. The number of aliphatic hydroxyl groups excluding tert-OH is 1.